The van der Waals surface area contributed by atoms with Crippen molar-refractivity contribution in [1.29, 1.82) is 0 Å². The monoisotopic (exact) mass is 718 g/mol. The van der Waals surface area contributed by atoms with Crippen molar-refractivity contribution in [3.8, 4) is 56.4 Å². The first kappa shape index (κ1) is 33.0. The highest BCUT2D eigenvalue weighted by molar-refractivity contribution is 6.07. The van der Waals surface area contributed by atoms with Crippen LogP contribution in [0.3, 0.4) is 0 Å². The lowest BCUT2D eigenvalue weighted by atomic mass is 10.0. The molecule has 5 nitrogen and oxygen atoms in total. The number of anilines is 3. The minimum Gasteiger partial charge on any atom is -0.456 e. The van der Waals surface area contributed by atoms with Crippen LogP contribution in [-0.4, -0.2) is 15.0 Å². The Morgan fingerprint density at radius 3 is 1.39 bits per heavy atom. The van der Waals surface area contributed by atoms with E-state index in [-0.39, 0.29) is 0 Å². The summed E-state index contributed by atoms with van der Waals surface area (Å²) in [6, 6.07) is 71.2. The number of furan rings is 1. The molecule has 0 radical (unpaired) electrons. The molecule has 0 bridgehead atoms. The zero-order valence-corrected chi connectivity index (χ0v) is 30.3. The minimum atomic E-state index is 0.593. The van der Waals surface area contributed by atoms with E-state index in [1.165, 1.54) is 11.1 Å². The van der Waals surface area contributed by atoms with Gasteiger partial charge in [-0.05, 0) is 82.9 Å². The molecule has 0 fully saturated rings. The third-order valence-electron chi connectivity index (χ3n) is 10.1. The summed E-state index contributed by atoms with van der Waals surface area (Å²) in [7, 11) is 0. The molecule has 0 spiro atoms. The number of fused-ring (bicyclic) bond motifs is 3. The lowest BCUT2D eigenvalue weighted by molar-refractivity contribution is 0.669. The first-order chi connectivity index (χ1) is 27.7. The first-order valence-corrected chi connectivity index (χ1v) is 18.7. The summed E-state index contributed by atoms with van der Waals surface area (Å²) in [4.78, 5) is 17.0. The maximum Gasteiger partial charge on any atom is 0.164 e. The van der Waals surface area contributed by atoms with Crippen LogP contribution in [-0.2, 0) is 0 Å². The standard InChI is InChI=1S/C51H34N4O/c1-5-14-35(15-6-1)36-24-28-43(29-25-36)55(42-21-11-4-12-22-42)44-23-13-20-39(32-44)40-27-31-47-46(33-40)45-30-26-41(34-48(45)56-47)51-53-49(37-16-7-2-8-17-37)52-50(54-51)38-18-9-3-10-19-38/h1-34H. The van der Waals surface area contributed by atoms with E-state index in [9.17, 15) is 0 Å². The van der Waals surface area contributed by atoms with E-state index in [0.29, 0.717) is 17.5 Å². The smallest absolute Gasteiger partial charge is 0.164 e. The van der Waals surface area contributed by atoms with Gasteiger partial charge >= 0.3 is 0 Å². The predicted molar refractivity (Wildman–Crippen MR) is 229 cm³/mol. The molecule has 0 saturated heterocycles. The summed E-state index contributed by atoms with van der Waals surface area (Å²) in [5.41, 5.74) is 12.2. The molecule has 10 rings (SSSR count). The van der Waals surface area contributed by atoms with Crippen LogP contribution in [0.5, 0.6) is 0 Å². The van der Waals surface area contributed by atoms with Gasteiger partial charge in [-0.2, -0.15) is 0 Å². The number of benzene rings is 8. The normalized spacial score (nSPS) is 11.2. The second-order valence-electron chi connectivity index (χ2n) is 13.7. The van der Waals surface area contributed by atoms with E-state index in [0.717, 1.165) is 66.8 Å². The van der Waals surface area contributed by atoms with Crippen LogP contribution >= 0.6 is 0 Å². The molecule has 2 heterocycles. The Kier molecular flexibility index (Phi) is 8.43. The fourth-order valence-electron chi connectivity index (χ4n) is 7.32. The van der Waals surface area contributed by atoms with Crippen molar-refractivity contribution in [3.05, 3.63) is 206 Å². The van der Waals surface area contributed by atoms with Crippen molar-refractivity contribution in [2.24, 2.45) is 0 Å². The Balaban J connectivity index is 1.02. The zero-order valence-electron chi connectivity index (χ0n) is 30.3. The summed E-state index contributed by atoms with van der Waals surface area (Å²) in [6.07, 6.45) is 0. The van der Waals surface area contributed by atoms with Gasteiger partial charge in [-0.15, -0.1) is 0 Å². The fourth-order valence-corrected chi connectivity index (χ4v) is 7.32. The van der Waals surface area contributed by atoms with Crippen LogP contribution in [0.4, 0.5) is 17.1 Å². The maximum absolute atomic E-state index is 6.47. The summed E-state index contributed by atoms with van der Waals surface area (Å²) in [5, 5.41) is 2.09. The van der Waals surface area contributed by atoms with Crippen LogP contribution in [0.1, 0.15) is 0 Å². The van der Waals surface area contributed by atoms with Crippen molar-refractivity contribution in [2.75, 3.05) is 4.90 Å². The first-order valence-electron chi connectivity index (χ1n) is 18.7. The predicted octanol–water partition coefficient (Wildman–Crippen LogP) is 13.6. The van der Waals surface area contributed by atoms with E-state index in [2.05, 4.69) is 138 Å². The second kappa shape index (κ2) is 14.3. The molecule has 0 aliphatic rings. The number of rotatable bonds is 8. The van der Waals surface area contributed by atoms with Crippen LogP contribution in [0.25, 0.3) is 78.4 Å². The average Bonchev–Trinajstić information content (AvgIpc) is 3.65. The van der Waals surface area contributed by atoms with Crippen molar-refractivity contribution in [1.82, 2.24) is 15.0 Å². The maximum atomic E-state index is 6.47. The Morgan fingerprint density at radius 2 is 0.750 bits per heavy atom. The molecule has 0 amide bonds. The van der Waals surface area contributed by atoms with Crippen LogP contribution in [0.2, 0.25) is 0 Å². The average molecular weight is 719 g/mol. The third-order valence-corrected chi connectivity index (χ3v) is 10.1. The lowest BCUT2D eigenvalue weighted by Crippen LogP contribution is -2.09. The van der Waals surface area contributed by atoms with Gasteiger partial charge in [-0.1, -0.05) is 146 Å². The van der Waals surface area contributed by atoms with Gasteiger partial charge < -0.3 is 9.32 Å². The molecule has 2 aromatic heterocycles. The molecule has 264 valence electrons. The van der Waals surface area contributed by atoms with Gasteiger partial charge in [0.1, 0.15) is 11.2 Å². The van der Waals surface area contributed by atoms with Gasteiger partial charge in [0, 0.05) is 44.5 Å². The Labute approximate surface area is 324 Å². The molecule has 0 N–H and O–H groups in total. The fraction of sp³-hybridized carbons (Fsp3) is 0. The molecule has 0 aliphatic heterocycles. The van der Waals surface area contributed by atoms with E-state index < -0.39 is 0 Å². The number of hydrogen-bond donors (Lipinski definition) is 0. The number of nitrogens with zero attached hydrogens (tertiary/aromatic N) is 4. The van der Waals surface area contributed by atoms with E-state index in [4.69, 9.17) is 19.4 Å². The van der Waals surface area contributed by atoms with Crippen LogP contribution in [0, 0.1) is 0 Å². The Morgan fingerprint density at radius 1 is 0.286 bits per heavy atom. The molecule has 0 aliphatic carbocycles. The molecule has 5 heteroatoms. The summed E-state index contributed by atoms with van der Waals surface area (Å²) >= 11 is 0. The van der Waals surface area contributed by atoms with E-state index in [1.807, 2.05) is 72.8 Å². The summed E-state index contributed by atoms with van der Waals surface area (Å²) in [5.74, 6) is 1.84. The van der Waals surface area contributed by atoms with E-state index in [1.54, 1.807) is 0 Å². The molecule has 10 aromatic rings. The van der Waals surface area contributed by atoms with Gasteiger partial charge in [0.05, 0.1) is 0 Å². The van der Waals surface area contributed by atoms with Crippen molar-refractivity contribution < 1.29 is 4.42 Å². The highest BCUT2D eigenvalue weighted by atomic mass is 16.3. The molecular formula is C51H34N4O. The summed E-state index contributed by atoms with van der Waals surface area (Å²) in [6.45, 7) is 0. The minimum absolute atomic E-state index is 0.593. The zero-order chi connectivity index (χ0) is 37.3. The third kappa shape index (κ3) is 6.37. The summed E-state index contributed by atoms with van der Waals surface area (Å²) < 4.78 is 6.47. The van der Waals surface area contributed by atoms with Gasteiger partial charge in [0.25, 0.3) is 0 Å². The van der Waals surface area contributed by atoms with E-state index >= 15 is 0 Å². The Hall–Kier alpha value is -7.63. The number of aromatic nitrogens is 3. The largest absolute Gasteiger partial charge is 0.456 e. The quantitative estimate of drug-likeness (QED) is 0.157. The van der Waals surface area contributed by atoms with Crippen LogP contribution in [0.15, 0.2) is 211 Å². The van der Waals surface area contributed by atoms with Gasteiger partial charge in [0.2, 0.25) is 0 Å². The highest BCUT2D eigenvalue weighted by Gasteiger charge is 2.17. The molecule has 0 saturated carbocycles. The molecular weight excluding hydrogens is 685 g/mol. The second-order valence-corrected chi connectivity index (χ2v) is 13.7. The van der Waals surface area contributed by atoms with Gasteiger partial charge in [0.15, 0.2) is 17.5 Å². The number of hydrogen-bond acceptors (Lipinski definition) is 5. The van der Waals surface area contributed by atoms with Gasteiger partial charge in [-0.3, -0.25) is 0 Å². The van der Waals surface area contributed by atoms with Crippen molar-refractivity contribution in [2.45, 2.75) is 0 Å². The Bertz CT molecular complexity index is 2890. The molecule has 8 aromatic carbocycles. The highest BCUT2D eigenvalue weighted by Crippen LogP contribution is 2.39. The van der Waals surface area contributed by atoms with Crippen molar-refractivity contribution in [3.63, 3.8) is 0 Å². The van der Waals surface area contributed by atoms with Gasteiger partial charge in [-0.25, -0.2) is 15.0 Å². The van der Waals surface area contributed by atoms with Crippen LogP contribution < -0.4 is 4.90 Å². The van der Waals surface area contributed by atoms with Crippen molar-refractivity contribution >= 4 is 39.0 Å². The molecule has 56 heavy (non-hydrogen) atoms. The lowest BCUT2D eigenvalue weighted by Gasteiger charge is -2.26. The SMILES string of the molecule is c1ccc(-c2ccc(N(c3ccccc3)c3cccc(-c4ccc5oc6cc(-c7nc(-c8ccccc8)nc(-c8ccccc8)n7)ccc6c5c4)c3)cc2)cc1. The number of para-hydroxylation sites is 1. The topological polar surface area (TPSA) is 55.1 Å². The molecule has 0 atom stereocenters. The molecule has 0 unspecified atom stereocenters.